The van der Waals surface area contributed by atoms with Gasteiger partial charge in [-0.15, -0.1) is 0 Å². The molecular weight excluding hydrogens is 359 g/mol. The monoisotopic (exact) mass is 386 g/mol. The van der Waals surface area contributed by atoms with Crippen LogP contribution in [0.25, 0.3) is 0 Å². The molecule has 0 saturated heterocycles. The van der Waals surface area contributed by atoms with Crippen LogP contribution in [0.4, 0.5) is 4.39 Å². The fourth-order valence-corrected chi connectivity index (χ4v) is 4.80. The van der Waals surface area contributed by atoms with Crippen molar-refractivity contribution in [1.82, 2.24) is 0 Å². The molecule has 0 spiro atoms. The third-order valence-electron chi connectivity index (χ3n) is 6.59. The maximum Gasteiger partial charge on any atom is 0.193 e. The Morgan fingerprint density at radius 2 is 1.62 bits per heavy atom. The predicted octanol–water partition coefficient (Wildman–Crippen LogP) is 6.90. The first-order valence-corrected chi connectivity index (χ1v) is 10.5. The van der Waals surface area contributed by atoms with Crippen molar-refractivity contribution in [2.45, 2.75) is 51.9 Å². The summed E-state index contributed by atoms with van der Waals surface area (Å²) in [5.41, 5.74) is 7.70. The summed E-state index contributed by atoms with van der Waals surface area (Å²) >= 11 is 0. The first-order valence-electron chi connectivity index (χ1n) is 10.5. The highest BCUT2D eigenvalue weighted by Crippen LogP contribution is 2.44. The normalized spacial score (nSPS) is 18.1. The molecular formula is C27H27FO. The molecule has 1 aliphatic carbocycles. The van der Waals surface area contributed by atoms with Crippen LogP contribution in [0.3, 0.4) is 0 Å². The van der Waals surface area contributed by atoms with Crippen LogP contribution >= 0.6 is 0 Å². The standard InChI is InChI=1S/C27H27FO/c1-17-11-16-25-26(18(17)2)23(10-6-7-20-12-14-21(28)15-13-20)19(3)22-8-4-5-9-24(22)27(25)29/h4-5,8-9,11-16,19,23H,6-7,10H2,1-3H3. The van der Waals surface area contributed by atoms with Crippen molar-refractivity contribution >= 4 is 5.78 Å². The maximum atomic E-state index is 13.4. The molecule has 2 atom stereocenters. The van der Waals surface area contributed by atoms with Crippen LogP contribution in [0.15, 0.2) is 60.7 Å². The summed E-state index contributed by atoms with van der Waals surface area (Å²) in [6.45, 7) is 6.53. The Morgan fingerprint density at radius 1 is 0.897 bits per heavy atom. The Kier molecular flexibility index (Phi) is 5.36. The maximum absolute atomic E-state index is 13.4. The molecule has 148 valence electrons. The van der Waals surface area contributed by atoms with Gasteiger partial charge in [-0.05, 0) is 84.9 Å². The molecule has 0 heterocycles. The number of carbonyl (C=O) groups is 1. The van der Waals surface area contributed by atoms with E-state index in [1.807, 2.05) is 36.4 Å². The first kappa shape index (κ1) is 19.6. The molecule has 2 heteroatoms. The zero-order chi connectivity index (χ0) is 20.5. The summed E-state index contributed by atoms with van der Waals surface area (Å²) in [4.78, 5) is 13.4. The number of halogens is 1. The molecule has 1 aliphatic rings. The largest absolute Gasteiger partial charge is 0.289 e. The van der Waals surface area contributed by atoms with Gasteiger partial charge in [0.05, 0.1) is 0 Å². The van der Waals surface area contributed by atoms with E-state index in [0.29, 0.717) is 0 Å². The molecule has 0 amide bonds. The van der Waals surface area contributed by atoms with Gasteiger partial charge in [-0.25, -0.2) is 4.39 Å². The van der Waals surface area contributed by atoms with Crippen molar-refractivity contribution in [3.8, 4) is 0 Å². The van der Waals surface area contributed by atoms with E-state index in [1.54, 1.807) is 0 Å². The molecule has 29 heavy (non-hydrogen) atoms. The highest BCUT2D eigenvalue weighted by Gasteiger charge is 2.33. The minimum Gasteiger partial charge on any atom is -0.289 e. The molecule has 3 aromatic rings. The fourth-order valence-electron chi connectivity index (χ4n) is 4.80. The SMILES string of the molecule is Cc1ccc2c(c1C)C(CCCc1ccc(F)cc1)C(C)c1ccccc1C2=O. The number of hydrogen-bond acceptors (Lipinski definition) is 1. The second kappa shape index (κ2) is 7.94. The van der Waals surface area contributed by atoms with Gasteiger partial charge in [0.2, 0.25) is 0 Å². The number of ketones is 1. The van der Waals surface area contributed by atoms with Gasteiger partial charge in [0, 0.05) is 11.1 Å². The van der Waals surface area contributed by atoms with Crippen molar-refractivity contribution in [3.63, 3.8) is 0 Å². The number of rotatable bonds is 4. The van der Waals surface area contributed by atoms with Gasteiger partial charge in [-0.3, -0.25) is 4.79 Å². The van der Waals surface area contributed by atoms with Crippen LogP contribution in [0, 0.1) is 19.7 Å². The van der Waals surface area contributed by atoms with Crippen LogP contribution in [0.2, 0.25) is 0 Å². The second-order valence-electron chi connectivity index (χ2n) is 8.30. The summed E-state index contributed by atoms with van der Waals surface area (Å²) in [5.74, 6) is 0.510. The van der Waals surface area contributed by atoms with Crippen LogP contribution in [0.5, 0.6) is 0 Å². The molecule has 0 N–H and O–H groups in total. The zero-order valence-corrected chi connectivity index (χ0v) is 17.3. The van der Waals surface area contributed by atoms with Crippen molar-refractivity contribution in [2.75, 3.05) is 0 Å². The molecule has 0 saturated carbocycles. The quantitative estimate of drug-likeness (QED) is 0.477. The molecule has 0 radical (unpaired) electrons. The highest BCUT2D eigenvalue weighted by molar-refractivity contribution is 6.12. The fraction of sp³-hybridized carbons (Fsp3) is 0.296. The number of fused-ring (bicyclic) bond motifs is 2. The summed E-state index contributed by atoms with van der Waals surface area (Å²) in [5, 5.41) is 0. The number of hydrogen-bond donors (Lipinski definition) is 0. The Bertz CT molecular complexity index is 1050. The smallest absolute Gasteiger partial charge is 0.193 e. The molecule has 0 bridgehead atoms. The van der Waals surface area contributed by atoms with E-state index >= 15 is 0 Å². The molecule has 0 fully saturated rings. The minimum absolute atomic E-state index is 0.145. The van der Waals surface area contributed by atoms with E-state index in [-0.39, 0.29) is 23.4 Å². The first-order chi connectivity index (χ1) is 14.0. The lowest BCUT2D eigenvalue weighted by Gasteiger charge is -2.27. The van der Waals surface area contributed by atoms with Crippen molar-refractivity contribution < 1.29 is 9.18 Å². The molecule has 0 aromatic heterocycles. The summed E-state index contributed by atoms with van der Waals surface area (Å²) in [6, 6.07) is 18.9. The number of benzene rings is 3. The Labute approximate surface area is 172 Å². The van der Waals surface area contributed by atoms with E-state index < -0.39 is 0 Å². The lowest BCUT2D eigenvalue weighted by Crippen LogP contribution is -2.12. The van der Waals surface area contributed by atoms with E-state index in [1.165, 1.54) is 28.8 Å². The molecule has 2 unspecified atom stereocenters. The van der Waals surface area contributed by atoms with E-state index in [2.05, 4.69) is 32.9 Å². The van der Waals surface area contributed by atoms with Crippen molar-refractivity contribution in [3.05, 3.63) is 105 Å². The highest BCUT2D eigenvalue weighted by atomic mass is 19.1. The lowest BCUT2D eigenvalue weighted by molar-refractivity contribution is 0.103. The van der Waals surface area contributed by atoms with Crippen molar-refractivity contribution in [1.29, 1.82) is 0 Å². The van der Waals surface area contributed by atoms with Crippen LogP contribution in [-0.2, 0) is 6.42 Å². The van der Waals surface area contributed by atoms with Crippen LogP contribution in [0.1, 0.15) is 75.3 Å². The van der Waals surface area contributed by atoms with E-state index in [9.17, 15) is 9.18 Å². The summed E-state index contributed by atoms with van der Waals surface area (Å²) in [7, 11) is 0. The van der Waals surface area contributed by atoms with Crippen LogP contribution in [-0.4, -0.2) is 5.78 Å². The third kappa shape index (κ3) is 3.64. The Balaban J connectivity index is 1.71. The second-order valence-corrected chi connectivity index (χ2v) is 8.30. The molecule has 3 aromatic carbocycles. The number of carbonyl (C=O) groups excluding carboxylic acids is 1. The third-order valence-corrected chi connectivity index (χ3v) is 6.59. The van der Waals surface area contributed by atoms with E-state index in [0.717, 1.165) is 41.5 Å². The Morgan fingerprint density at radius 3 is 2.38 bits per heavy atom. The van der Waals surface area contributed by atoms with Gasteiger partial charge >= 0.3 is 0 Å². The summed E-state index contributed by atoms with van der Waals surface area (Å²) in [6.07, 6.45) is 2.92. The zero-order valence-electron chi connectivity index (χ0n) is 17.3. The van der Waals surface area contributed by atoms with Gasteiger partial charge in [0.15, 0.2) is 5.78 Å². The van der Waals surface area contributed by atoms with Crippen LogP contribution < -0.4 is 0 Å². The topological polar surface area (TPSA) is 17.1 Å². The minimum atomic E-state index is -0.193. The average molecular weight is 387 g/mol. The van der Waals surface area contributed by atoms with Crippen molar-refractivity contribution in [2.24, 2.45) is 0 Å². The van der Waals surface area contributed by atoms with Gasteiger partial charge in [0.25, 0.3) is 0 Å². The van der Waals surface area contributed by atoms with Gasteiger partial charge < -0.3 is 0 Å². The predicted molar refractivity (Wildman–Crippen MR) is 116 cm³/mol. The Hall–Kier alpha value is -2.74. The average Bonchev–Trinajstić information content (AvgIpc) is 2.82. The van der Waals surface area contributed by atoms with Gasteiger partial charge in [0.1, 0.15) is 5.82 Å². The van der Waals surface area contributed by atoms with Gasteiger partial charge in [-0.2, -0.15) is 0 Å². The van der Waals surface area contributed by atoms with Gasteiger partial charge in [-0.1, -0.05) is 55.5 Å². The molecule has 0 aliphatic heterocycles. The lowest BCUT2D eigenvalue weighted by atomic mass is 9.77. The van der Waals surface area contributed by atoms with E-state index in [4.69, 9.17) is 0 Å². The number of aryl methyl sites for hydroxylation is 2. The summed E-state index contributed by atoms with van der Waals surface area (Å²) < 4.78 is 13.2. The molecule has 1 nitrogen and oxygen atoms in total. The molecule has 4 rings (SSSR count).